The molecule has 1 heterocycles. The number of H-pyrrole nitrogens is 1. The van der Waals surface area contributed by atoms with E-state index in [-0.39, 0.29) is 5.56 Å². The molecule has 3 N–H and O–H groups in total. The van der Waals surface area contributed by atoms with Gasteiger partial charge in [-0.15, -0.1) is 0 Å². The fourth-order valence-electron chi connectivity index (χ4n) is 2.89. The van der Waals surface area contributed by atoms with E-state index in [1.807, 2.05) is 30.3 Å². The van der Waals surface area contributed by atoms with Gasteiger partial charge in [-0.05, 0) is 42.6 Å². The number of pyridine rings is 1. The van der Waals surface area contributed by atoms with Gasteiger partial charge in [0.1, 0.15) is 0 Å². The molecule has 0 spiro atoms. The van der Waals surface area contributed by atoms with Crippen LogP contribution in [-0.4, -0.2) is 22.4 Å². The van der Waals surface area contributed by atoms with Crippen molar-refractivity contribution in [1.29, 1.82) is 0 Å². The van der Waals surface area contributed by atoms with Crippen molar-refractivity contribution in [3.8, 4) is 0 Å². The molecular formula is C17H20N4OS. The quantitative estimate of drug-likeness (QED) is 0.460. The fraction of sp³-hybridized carbons (Fsp3) is 0.353. The average molecular weight is 328 g/mol. The molecule has 2 aromatic rings. The van der Waals surface area contributed by atoms with E-state index in [2.05, 4.69) is 20.8 Å². The van der Waals surface area contributed by atoms with E-state index < -0.39 is 0 Å². The molecule has 1 aliphatic carbocycles. The second kappa shape index (κ2) is 7.37. The van der Waals surface area contributed by atoms with Crippen molar-refractivity contribution in [2.75, 3.05) is 0 Å². The number of fused-ring (bicyclic) bond motifs is 1. The molecular weight excluding hydrogens is 308 g/mol. The summed E-state index contributed by atoms with van der Waals surface area (Å²) in [5, 5.41) is 8.82. The summed E-state index contributed by atoms with van der Waals surface area (Å²) in [5.41, 5.74) is 3.94. The first-order chi connectivity index (χ1) is 11.2. The number of thiocarbonyl (C=S) groups is 1. The topological polar surface area (TPSA) is 69.3 Å². The largest absolute Gasteiger partial charge is 0.359 e. The van der Waals surface area contributed by atoms with Gasteiger partial charge in [0.2, 0.25) is 0 Å². The average Bonchev–Trinajstić information content (AvgIpc) is 2.56. The maximum Gasteiger partial charge on any atom is 0.257 e. The van der Waals surface area contributed by atoms with E-state index >= 15 is 0 Å². The van der Waals surface area contributed by atoms with Crippen molar-refractivity contribution in [2.45, 2.75) is 38.1 Å². The summed E-state index contributed by atoms with van der Waals surface area (Å²) in [6.07, 6.45) is 7.60. The van der Waals surface area contributed by atoms with Crippen LogP contribution in [0, 0.1) is 0 Å². The molecule has 0 aliphatic heterocycles. The molecule has 0 bridgehead atoms. The van der Waals surface area contributed by atoms with Crippen LogP contribution >= 0.6 is 12.2 Å². The number of nitrogens with one attached hydrogen (secondary N) is 3. The van der Waals surface area contributed by atoms with Crippen molar-refractivity contribution in [1.82, 2.24) is 15.7 Å². The number of para-hydroxylation sites is 1. The first-order valence-electron chi connectivity index (χ1n) is 7.94. The summed E-state index contributed by atoms with van der Waals surface area (Å²) in [6, 6.07) is 9.90. The summed E-state index contributed by atoms with van der Waals surface area (Å²) in [5.74, 6) is 0. The lowest BCUT2D eigenvalue weighted by Gasteiger charge is -2.23. The van der Waals surface area contributed by atoms with Crippen LogP contribution in [-0.2, 0) is 0 Å². The zero-order valence-electron chi connectivity index (χ0n) is 12.8. The number of rotatable bonds is 3. The van der Waals surface area contributed by atoms with Crippen molar-refractivity contribution in [3.63, 3.8) is 0 Å². The lowest BCUT2D eigenvalue weighted by molar-refractivity contribution is 0.412. The number of hydrogen-bond acceptors (Lipinski definition) is 3. The second-order valence-electron chi connectivity index (χ2n) is 5.82. The zero-order chi connectivity index (χ0) is 16.1. The van der Waals surface area contributed by atoms with Gasteiger partial charge in [0.05, 0.1) is 11.8 Å². The second-order valence-corrected chi connectivity index (χ2v) is 6.23. The number of benzene rings is 1. The molecule has 0 unspecified atom stereocenters. The van der Waals surface area contributed by atoms with Crippen LogP contribution < -0.4 is 16.3 Å². The van der Waals surface area contributed by atoms with Crippen LogP contribution in [0.25, 0.3) is 10.9 Å². The van der Waals surface area contributed by atoms with Gasteiger partial charge in [-0.1, -0.05) is 37.5 Å². The van der Waals surface area contributed by atoms with Gasteiger partial charge in [-0.25, -0.2) is 0 Å². The van der Waals surface area contributed by atoms with E-state index in [4.69, 9.17) is 12.2 Å². The van der Waals surface area contributed by atoms with E-state index in [1.165, 1.54) is 25.5 Å². The molecule has 23 heavy (non-hydrogen) atoms. The molecule has 1 aromatic heterocycles. The predicted octanol–water partition coefficient (Wildman–Crippen LogP) is 2.66. The Morgan fingerprint density at radius 3 is 2.87 bits per heavy atom. The van der Waals surface area contributed by atoms with Crippen LogP contribution in [0.15, 0.2) is 40.2 Å². The highest BCUT2D eigenvalue weighted by atomic mass is 32.1. The van der Waals surface area contributed by atoms with Crippen molar-refractivity contribution < 1.29 is 0 Å². The first-order valence-corrected chi connectivity index (χ1v) is 8.35. The van der Waals surface area contributed by atoms with Gasteiger partial charge < -0.3 is 10.3 Å². The smallest absolute Gasteiger partial charge is 0.257 e. The molecule has 120 valence electrons. The Morgan fingerprint density at radius 1 is 1.26 bits per heavy atom. The molecule has 1 aliphatic rings. The van der Waals surface area contributed by atoms with E-state index in [1.54, 1.807) is 0 Å². The Hall–Kier alpha value is -2.21. The summed E-state index contributed by atoms with van der Waals surface area (Å²) < 4.78 is 0. The van der Waals surface area contributed by atoms with Crippen LogP contribution in [0.2, 0.25) is 0 Å². The minimum Gasteiger partial charge on any atom is -0.359 e. The predicted molar refractivity (Wildman–Crippen MR) is 97.9 cm³/mol. The van der Waals surface area contributed by atoms with Gasteiger partial charge in [-0.3, -0.25) is 10.2 Å². The van der Waals surface area contributed by atoms with E-state index in [9.17, 15) is 4.79 Å². The number of aromatic nitrogens is 1. The highest BCUT2D eigenvalue weighted by molar-refractivity contribution is 7.80. The maximum absolute atomic E-state index is 12.0. The summed E-state index contributed by atoms with van der Waals surface area (Å²) in [4.78, 5) is 14.8. The minimum absolute atomic E-state index is 0.166. The summed E-state index contributed by atoms with van der Waals surface area (Å²) in [7, 11) is 0. The maximum atomic E-state index is 12.0. The van der Waals surface area contributed by atoms with Crippen LogP contribution in [0.3, 0.4) is 0 Å². The Balaban J connectivity index is 1.62. The summed E-state index contributed by atoms with van der Waals surface area (Å²) in [6.45, 7) is 0. The Kier molecular flexibility index (Phi) is 5.02. The molecule has 0 atom stereocenters. The van der Waals surface area contributed by atoms with E-state index in [0.717, 1.165) is 23.7 Å². The molecule has 0 amide bonds. The number of aromatic amines is 1. The third-order valence-electron chi connectivity index (χ3n) is 4.09. The van der Waals surface area contributed by atoms with E-state index in [0.29, 0.717) is 16.7 Å². The SMILES string of the molecule is O=c1[nH]c2ccccc2cc1/C=N\NC(=S)NC1CCCCC1. The first kappa shape index (κ1) is 15.7. The monoisotopic (exact) mass is 328 g/mol. The van der Waals surface area contributed by atoms with Gasteiger partial charge in [0, 0.05) is 11.6 Å². The third kappa shape index (κ3) is 4.16. The summed E-state index contributed by atoms with van der Waals surface area (Å²) >= 11 is 5.24. The molecule has 0 saturated heterocycles. The van der Waals surface area contributed by atoms with Crippen molar-refractivity contribution >= 4 is 34.4 Å². The van der Waals surface area contributed by atoms with Gasteiger partial charge in [0.25, 0.3) is 5.56 Å². The van der Waals surface area contributed by atoms with Gasteiger partial charge in [-0.2, -0.15) is 5.10 Å². The third-order valence-corrected chi connectivity index (χ3v) is 4.30. The van der Waals surface area contributed by atoms with Gasteiger partial charge >= 0.3 is 0 Å². The Labute approximate surface area is 140 Å². The highest BCUT2D eigenvalue weighted by Gasteiger charge is 2.13. The molecule has 3 rings (SSSR count). The van der Waals surface area contributed by atoms with Crippen molar-refractivity contribution in [3.05, 3.63) is 46.2 Å². The highest BCUT2D eigenvalue weighted by Crippen LogP contribution is 2.17. The zero-order valence-corrected chi connectivity index (χ0v) is 13.7. The molecule has 5 nitrogen and oxygen atoms in total. The normalized spacial score (nSPS) is 15.8. The molecule has 1 fully saturated rings. The number of hydrogen-bond donors (Lipinski definition) is 3. The lowest BCUT2D eigenvalue weighted by atomic mass is 9.96. The minimum atomic E-state index is -0.166. The van der Waals surface area contributed by atoms with Crippen LogP contribution in [0.1, 0.15) is 37.7 Å². The lowest BCUT2D eigenvalue weighted by Crippen LogP contribution is -2.40. The van der Waals surface area contributed by atoms with Crippen LogP contribution in [0.5, 0.6) is 0 Å². The van der Waals surface area contributed by atoms with Crippen molar-refractivity contribution in [2.24, 2.45) is 5.10 Å². The molecule has 0 radical (unpaired) electrons. The Morgan fingerprint density at radius 2 is 2.04 bits per heavy atom. The van der Waals surface area contributed by atoms with Gasteiger partial charge in [0.15, 0.2) is 5.11 Å². The molecule has 6 heteroatoms. The molecule has 1 aromatic carbocycles. The number of hydrazone groups is 1. The van der Waals surface area contributed by atoms with Crippen LogP contribution in [0.4, 0.5) is 0 Å². The standard InChI is InChI=1S/C17H20N4OS/c22-16-13(10-12-6-4-5-9-15(12)20-16)11-18-21-17(23)19-14-7-2-1-3-8-14/h4-6,9-11,14H,1-3,7-8H2,(H,20,22)(H2,19,21,23)/b18-11-. The number of nitrogens with zero attached hydrogens (tertiary/aromatic N) is 1. The fourth-order valence-corrected chi connectivity index (χ4v) is 3.10. The molecule has 1 saturated carbocycles. The Bertz CT molecular complexity index is 778.